The minimum atomic E-state index is -0.824. The number of benzene rings is 1. The van der Waals surface area contributed by atoms with Crippen molar-refractivity contribution in [3.63, 3.8) is 0 Å². The van der Waals surface area contributed by atoms with Gasteiger partial charge in [-0.05, 0) is 19.4 Å². The van der Waals surface area contributed by atoms with Gasteiger partial charge in [0.2, 0.25) is 0 Å². The van der Waals surface area contributed by atoms with Crippen molar-refractivity contribution in [3.05, 3.63) is 48.6 Å². The Kier molecular flexibility index (Phi) is 4.34. The number of aliphatic hydroxyl groups is 1. The van der Waals surface area contributed by atoms with E-state index >= 15 is 0 Å². The number of hydrogen-bond acceptors (Lipinski definition) is 5. The first-order valence-electron chi connectivity index (χ1n) is 7.47. The summed E-state index contributed by atoms with van der Waals surface area (Å²) in [6, 6.07) is 9.84. The van der Waals surface area contributed by atoms with Crippen LogP contribution in [0.4, 0.5) is 0 Å². The predicted molar refractivity (Wildman–Crippen MR) is 79.9 cm³/mol. The van der Waals surface area contributed by atoms with E-state index in [9.17, 15) is 5.11 Å². The van der Waals surface area contributed by atoms with Gasteiger partial charge in [-0.15, -0.1) is 6.58 Å². The molecule has 1 N–H and O–H groups in total. The van der Waals surface area contributed by atoms with Gasteiger partial charge in [0.1, 0.15) is 24.4 Å². The Morgan fingerprint density at radius 1 is 1.27 bits per heavy atom. The first-order valence-corrected chi connectivity index (χ1v) is 7.47. The van der Waals surface area contributed by atoms with Crippen molar-refractivity contribution in [1.82, 2.24) is 0 Å². The molecule has 5 nitrogen and oxygen atoms in total. The number of ether oxygens (including phenoxy) is 4. The van der Waals surface area contributed by atoms with Gasteiger partial charge in [0.15, 0.2) is 12.1 Å². The van der Waals surface area contributed by atoms with E-state index in [0.29, 0.717) is 6.61 Å². The highest BCUT2D eigenvalue weighted by Gasteiger charge is 2.57. The summed E-state index contributed by atoms with van der Waals surface area (Å²) in [6.07, 6.45) is -1.23. The minimum absolute atomic E-state index is 0.363. The van der Waals surface area contributed by atoms with Crippen LogP contribution in [0.5, 0.6) is 0 Å². The molecule has 0 bridgehead atoms. The SMILES string of the molecule is C=C[C@H](O)[C@@H]1O[C@H](OCc2ccccc2)[C@@H]2OC(C)(C)O[C@H]12. The molecule has 2 aliphatic rings. The Labute approximate surface area is 130 Å². The molecule has 5 atom stereocenters. The largest absolute Gasteiger partial charge is 0.386 e. The lowest BCUT2D eigenvalue weighted by molar-refractivity contribution is -0.243. The molecule has 22 heavy (non-hydrogen) atoms. The Morgan fingerprint density at radius 2 is 1.95 bits per heavy atom. The van der Waals surface area contributed by atoms with Gasteiger partial charge in [0.05, 0.1) is 6.61 Å². The third-order valence-electron chi connectivity index (χ3n) is 3.88. The van der Waals surface area contributed by atoms with Crippen molar-refractivity contribution in [2.45, 2.75) is 56.9 Å². The molecular formula is C17H22O5. The third-order valence-corrected chi connectivity index (χ3v) is 3.88. The number of aliphatic hydroxyl groups excluding tert-OH is 1. The van der Waals surface area contributed by atoms with E-state index in [1.807, 2.05) is 44.2 Å². The van der Waals surface area contributed by atoms with Gasteiger partial charge in [-0.2, -0.15) is 0 Å². The van der Waals surface area contributed by atoms with Gasteiger partial charge in [-0.1, -0.05) is 36.4 Å². The minimum Gasteiger partial charge on any atom is -0.386 e. The van der Waals surface area contributed by atoms with Gasteiger partial charge in [0.25, 0.3) is 0 Å². The van der Waals surface area contributed by atoms with Gasteiger partial charge in [0, 0.05) is 0 Å². The molecule has 0 unspecified atom stereocenters. The van der Waals surface area contributed by atoms with Gasteiger partial charge < -0.3 is 24.1 Å². The summed E-state index contributed by atoms with van der Waals surface area (Å²) < 4.78 is 23.4. The van der Waals surface area contributed by atoms with Crippen molar-refractivity contribution in [2.24, 2.45) is 0 Å². The normalized spacial score (nSPS) is 34.3. The molecule has 0 saturated carbocycles. The number of fused-ring (bicyclic) bond motifs is 1. The van der Waals surface area contributed by atoms with Crippen LogP contribution >= 0.6 is 0 Å². The molecule has 2 saturated heterocycles. The first kappa shape index (κ1) is 15.6. The fraction of sp³-hybridized carbons (Fsp3) is 0.529. The van der Waals surface area contributed by atoms with Crippen LogP contribution in [0.3, 0.4) is 0 Å². The summed E-state index contributed by atoms with van der Waals surface area (Å²) in [7, 11) is 0. The maximum atomic E-state index is 10.0. The first-order chi connectivity index (χ1) is 10.5. The van der Waals surface area contributed by atoms with E-state index in [1.54, 1.807) is 0 Å². The molecule has 1 aromatic rings. The maximum absolute atomic E-state index is 10.0. The molecule has 3 rings (SSSR count). The molecular weight excluding hydrogens is 284 g/mol. The Balaban J connectivity index is 1.70. The number of rotatable bonds is 5. The molecule has 2 aliphatic heterocycles. The van der Waals surface area contributed by atoms with E-state index in [4.69, 9.17) is 18.9 Å². The maximum Gasteiger partial charge on any atom is 0.187 e. The van der Waals surface area contributed by atoms with Crippen molar-refractivity contribution < 1.29 is 24.1 Å². The third kappa shape index (κ3) is 3.09. The van der Waals surface area contributed by atoms with Crippen LogP contribution in [0.2, 0.25) is 0 Å². The standard InChI is InChI=1S/C17H22O5/c1-4-12(18)13-14-15(22-17(2,3)21-14)16(20-13)19-10-11-8-6-5-7-9-11/h4-9,12-16,18H,1,10H2,2-3H3/t12-,13-,14+,15+,16-/m0/s1. The highest BCUT2D eigenvalue weighted by molar-refractivity contribution is 5.13. The quantitative estimate of drug-likeness (QED) is 0.843. The second-order valence-electron chi connectivity index (χ2n) is 6.06. The molecule has 1 aromatic carbocycles. The van der Waals surface area contributed by atoms with Crippen molar-refractivity contribution in [3.8, 4) is 0 Å². The molecule has 0 aliphatic carbocycles. The van der Waals surface area contributed by atoms with E-state index in [-0.39, 0.29) is 12.2 Å². The van der Waals surface area contributed by atoms with Crippen LogP contribution in [0.25, 0.3) is 0 Å². The smallest absolute Gasteiger partial charge is 0.187 e. The predicted octanol–water partition coefficient (Wildman–Crippen LogP) is 2.00. The van der Waals surface area contributed by atoms with Crippen molar-refractivity contribution in [1.29, 1.82) is 0 Å². The van der Waals surface area contributed by atoms with E-state index in [1.165, 1.54) is 6.08 Å². The van der Waals surface area contributed by atoms with Crippen LogP contribution in [0, 0.1) is 0 Å². The van der Waals surface area contributed by atoms with Crippen molar-refractivity contribution in [2.75, 3.05) is 0 Å². The lowest BCUT2D eigenvalue weighted by Gasteiger charge is -2.25. The Hall–Kier alpha value is -1.24. The van der Waals surface area contributed by atoms with Crippen molar-refractivity contribution >= 4 is 0 Å². The van der Waals surface area contributed by atoms with Gasteiger partial charge >= 0.3 is 0 Å². The second kappa shape index (κ2) is 6.10. The van der Waals surface area contributed by atoms with Gasteiger partial charge in [-0.3, -0.25) is 0 Å². The molecule has 2 heterocycles. The Morgan fingerprint density at radius 3 is 2.64 bits per heavy atom. The molecule has 0 spiro atoms. The fourth-order valence-corrected chi connectivity index (χ4v) is 2.89. The summed E-state index contributed by atoms with van der Waals surface area (Å²) in [5, 5.41) is 10.0. The van der Waals surface area contributed by atoms with E-state index in [0.717, 1.165) is 5.56 Å². The fourth-order valence-electron chi connectivity index (χ4n) is 2.89. The summed E-state index contributed by atoms with van der Waals surface area (Å²) in [5.41, 5.74) is 1.05. The topological polar surface area (TPSA) is 57.2 Å². The van der Waals surface area contributed by atoms with Gasteiger partial charge in [-0.25, -0.2) is 0 Å². The average molecular weight is 306 g/mol. The zero-order chi connectivity index (χ0) is 15.7. The van der Waals surface area contributed by atoms with Crippen LogP contribution in [-0.4, -0.2) is 41.6 Å². The monoisotopic (exact) mass is 306 g/mol. The Bertz CT molecular complexity index is 515. The number of hydrogen-bond donors (Lipinski definition) is 1. The molecule has 0 amide bonds. The average Bonchev–Trinajstić information content (AvgIpc) is 2.99. The summed E-state index contributed by atoms with van der Waals surface area (Å²) in [4.78, 5) is 0. The molecule has 2 fully saturated rings. The van der Waals surface area contributed by atoms with E-state index < -0.39 is 24.3 Å². The highest BCUT2D eigenvalue weighted by Crippen LogP contribution is 2.40. The summed E-state index contributed by atoms with van der Waals surface area (Å²) in [6.45, 7) is 7.71. The zero-order valence-electron chi connectivity index (χ0n) is 12.8. The highest BCUT2D eigenvalue weighted by atomic mass is 16.8. The lowest BCUT2D eigenvalue weighted by atomic mass is 10.1. The molecule has 0 radical (unpaired) electrons. The molecule has 120 valence electrons. The van der Waals surface area contributed by atoms with E-state index in [2.05, 4.69) is 6.58 Å². The summed E-state index contributed by atoms with van der Waals surface area (Å²) in [5.74, 6) is -0.716. The zero-order valence-corrected chi connectivity index (χ0v) is 12.8. The molecule has 0 aromatic heterocycles. The van der Waals surface area contributed by atoms with Crippen LogP contribution < -0.4 is 0 Å². The van der Waals surface area contributed by atoms with Crippen LogP contribution in [-0.2, 0) is 25.6 Å². The van der Waals surface area contributed by atoms with Crippen LogP contribution in [0.1, 0.15) is 19.4 Å². The summed E-state index contributed by atoms with van der Waals surface area (Å²) >= 11 is 0. The second-order valence-corrected chi connectivity index (χ2v) is 6.06. The molecule has 5 heteroatoms. The lowest BCUT2D eigenvalue weighted by Crippen LogP contribution is -2.37. The van der Waals surface area contributed by atoms with Crippen LogP contribution in [0.15, 0.2) is 43.0 Å².